The molecule has 0 aliphatic carbocycles. The van der Waals surface area contributed by atoms with Crippen molar-refractivity contribution in [1.29, 1.82) is 0 Å². The number of fused-ring (bicyclic) bond motifs is 1. The largest absolute Gasteiger partial charge is 0.477 e. The molecule has 0 aromatic carbocycles. The van der Waals surface area contributed by atoms with Crippen molar-refractivity contribution < 1.29 is 14.7 Å². The van der Waals surface area contributed by atoms with Crippen LogP contribution < -0.4 is 5.32 Å². The Kier molecular flexibility index (Phi) is 2.76. The van der Waals surface area contributed by atoms with Crippen molar-refractivity contribution >= 4 is 39.2 Å². The number of anilines is 1. The molecule has 2 rings (SSSR count). The van der Waals surface area contributed by atoms with E-state index < -0.39 is 5.97 Å². The summed E-state index contributed by atoms with van der Waals surface area (Å²) in [6.45, 7) is 3.05. The molecule has 0 saturated carbocycles. The third-order valence-corrected chi connectivity index (χ3v) is 3.40. The van der Waals surface area contributed by atoms with E-state index in [4.69, 9.17) is 5.11 Å². The van der Waals surface area contributed by atoms with Crippen LogP contribution in [0.3, 0.4) is 0 Å². The summed E-state index contributed by atoms with van der Waals surface area (Å²) in [5.74, 6) is -0.907. The minimum Gasteiger partial charge on any atom is -0.477 e. The van der Waals surface area contributed by atoms with E-state index in [1.807, 2.05) is 0 Å². The Bertz CT molecular complexity index is 621. The van der Waals surface area contributed by atoms with Gasteiger partial charge >= 0.3 is 5.97 Å². The average molecular weight is 251 g/mol. The first kappa shape index (κ1) is 11.5. The lowest BCUT2D eigenvalue weighted by atomic mass is 10.2. The SMILES string of the molecule is CC(=O)Nc1ncnc2sc(C(=O)O)c(C)c12. The summed E-state index contributed by atoms with van der Waals surface area (Å²) >= 11 is 1.07. The predicted molar refractivity (Wildman–Crippen MR) is 63.4 cm³/mol. The summed E-state index contributed by atoms with van der Waals surface area (Å²) in [4.78, 5) is 30.8. The molecule has 0 spiro atoms. The number of aromatic nitrogens is 2. The number of carbonyl (C=O) groups is 2. The predicted octanol–water partition coefficient (Wildman–Crippen LogP) is 1.66. The zero-order valence-electron chi connectivity index (χ0n) is 9.14. The average Bonchev–Trinajstić information content (AvgIpc) is 2.56. The summed E-state index contributed by atoms with van der Waals surface area (Å²) in [6, 6.07) is 0. The maximum absolute atomic E-state index is 11.0. The van der Waals surface area contributed by atoms with E-state index >= 15 is 0 Å². The van der Waals surface area contributed by atoms with Crippen LogP contribution >= 0.6 is 11.3 Å². The molecule has 0 aliphatic heterocycles. The number of amides is 1. The molecule has 0 bridgehead atoms. The lowest BCUT2D eigenvalue weighted by Gasteiger charge is -2.02. The Morgan fingerprint density at radius 3 is 2.71 bits per heavy atom. The first-order valence-electron chi connectivity index (χ1n) is 4.75. The monoisotopic (exact) mass is 251 g/mol. The first-order valence-corrected chi connectivity index (χ1v) is 5.57. The lowest BCUT2D eigenvalue weighted by molar-refractivity contribution is -0.114. The summed E-state index contributed by atoms with van der Waals surface area (Å²) in [5.41, 5.74) is 0.571. The van der Waals surface area contributed by atoms with Crippen LogP contribution in [-0.2, 0) is 4.79 Å². The van der Waals surface area contributed by atoms with Crippen molar-refractivity contribution in [3.63, 3.8) is 0 Å². The van der Waals surface area contributed by atoms with E-state index in [9.17, 15) is 9.59 Å². The number of hydrogen-bond acceptors (Lipinski definition) is 5. The van der Waals surface area contributed by atoms with Crippen molar-refractivity contribution in [2.75, 3.05) is 5.32 Å². The summed E-state index contributed by atoms with van der Waals surface area (Å²) < 4.78 is 0. The van der Waals surface area contributed by atoms with E-state index in [1.165, 1.54) is 13.3 Å². The van der Waals surface area contributed by atoms with Crippen LogP contribution in [-0.4, -0.2) is 27.0 Å². The lowest BCUT2D eigenvalue weighted by Crippen LogP contribution is -2.08. The van der Waals surface area contributed by atoms with Gasteiger partial charge in [0.2, 0.25) is 5.91 Å². The molecular weight excluding hydrogens is 242 g/mol. The van der Waals surface area contributed by atoms with E-state index in [0.717, 1.165) is 11.3 Å². The van der Waals surface area contributed by atoms with Gasteiger partial charge in [-0.15, -0.1) is 11.3 Å². The molecule has 2 N–H and O–H groups in total. The van der Waals surface area contributed by atoms with Crippen molar-refractivity contribution in [3.8, 4) is 0 Å². The third kappa shape index (κ3) is 1.96. The van der Waals surface area contributed by atoms with Gasteiger partial charge in [0.1, 0.15) is 21.9 Å². The number of nitrogens with zero attached hydrogens (tertiary/aromatic N) is 2. The van der Waals surface area contributed by atoms with Gasteiger partial charge in [-0.3, -0.25) is 4.79 Å². The van der Waals surface area contributed by atoms with Gasteiger partial charge in [-0.25, -0.2) is 14.8 Å². The molecule has 0 unspecified atom stereocenters. The van der Waals surface area contributed by atoms with Crippen molar-refractivity contribution in [2.45, 2.75) is 13.8 Å². The number of carboxylic acid groups (broad SMARTS) is 1. The Balaban J connectivity index is 2.70. The van der Waals surface area contributed by atoms with Crippen LogP contribution in [0.25, 0.3) is 10.2 Å². The maximum atomic E-state index is 11.0. The molecule has 0 aliphatic rings. The second kappa shape index (κ2) is 4.10. The highest BCUT2D eigenvalue weighted by Crippen LogP contribution is 2.32. The number of thiophene rings is 1. The van der Waals surface area contributed by atoms with Gasteiger partial charge in [0, 0.05) is 6.92 Å². The Hall–Kier alpha value is -2.02. The second-order valence-corrected chi connectivity index (χ2v) is 4.44. The molecule has 17 heavy (non-hydrogen) atoms. The molecule has 1 amide bonds. The van der Waals surface area contributed by atoms with E-state index in [2.05, 4.69) is 15.3 Å². The standard InChI is InChI=1S/C10H9N3O3S/c1-4-6-8(13-5(2)14)11-3-12-9(6)17-7(4)10(15)16/h3H,1-2H3,(H,15,16)(H,11,12,13,14). The molecular formula is C10H9N3O3S. The quantitative estimate of drug-likeness (QED) is 0.846. The highest BCUT2D eigenvalue weighted by molar-refractivity contribution is 7.20. The number of nitrogens with one attached hydrogen (secondary N) is 1. The van der Waals surface area contributed by atoms with Crippen molar-refractivity contribution in [2.24, 2.45) is 0 Å². The number of carbonyl (C=O) groups excluding carboxylic acids is 1. The van der Waals surface area contributed by atoms with Gasteiger partial charge in [-0.1, -0.05) is 0 Å². The molecule has 88 valence electrons. The number of aryl methyl sites for hydroxylation is 1. The highest BCUT2D eigenvalue weighted by Gasteiger charge is 2.18. The molecule has 2 aromatic rings. The smallest absolute Gasteiger partial charge is 0.346 e. The molecule has 7 heteroatoms. The Morgan fingerprint density at radius 2 is 2.12 bits per heavy atom. The highest BCUT2D eigenvalue weighted by atomic mass is 32.1. The molecule has 2 aromatic heterocycles. The molecule has 0 atom stereocenters. The van der Waals surface area contributed by atoms with Gasteiger partial charge < -0.3 is 10.4 Å². The van der Waals surface area contributed by atoms with E-state index in [1.54, 1.807) is 6.92 Å². The fourth-order valence-electron chi connectivity index (χ4n) is 1.54. The van der Waals surface area contributed by atoms with Crippen LogP contribution in [0.5, 0.6) is 0 Å². The first-order chi connectivity index (χ1) is 8.00. The fraction of sp³-hybridized carbons (Fsp3) is 0.200. The molecule has 0 radical (unpaired) electrons. The zero-order valence-corrected chi connectivity index (χ0v) is 9.96. The molecule has 0 fully saturated rings. The second-order valence-electron chi connectivity index (χ2n) is 3.44. The van der Waals surface area contributed by atoms with Crippen LogP contribution in [0.1, 0.15) is 22.2 Å². The van der Waals surface area contributed by atoms with E-state index in [-0.39, 0.29) is 10.8 Å². The Labute approximate surface area is 100 Å². The van der Waals surface area contributed by atoms with Gasteiger partial charge in [0.05, 0.1) is 5.39 Å². The third-order valence-electron chi connectivity index (χ3n) is 2.22. The van der Waals surface area contributed by atoms with Gasteiger partial charge in [-0.2, -0.15) is 0 Å². The normalized spacial score (nSPS) is 10.5. The number of carboxylic acids is 1. The molecule has 6 nitrogen and oxygen atoms in total. The molecule has 2 heterocycles. The number of aromatic carboxylic acids is 1. The minimum atomic E-state index is -1.00. The van der Waals surface area contributed by atoms with Crippen LogP contribution in [0.2, 0.25) is 0 Å². The summed E-state index contributed by atoms with van der Waals surface area (Å²) in [7, 11) is 0. The number of rotatable bonds is 2. The van der Waals surface area contributed by atoms with Crippen LogP contribution in [0.15, 0.2) is 6.33 Å². The summed E-state index contributed by atoms with van der Waals surface area (Å²) in [5, 5.41) is 12.2. The van der Waals surface area contributed by atoms with Crippen LogP contribution in [0, 0.1) is 6.92 Å². The summed E-state index contributed by atoms with van der Waals surface area (Å²) in [6.07, 6.45) is 1.30. The van der Waals surface area contributed by atoms with Crippen molar-refractivity contribution in [1.82, 2.24) is 9.97 Å². The fourth-order valence-corrected chi connectivity index (χ4v) is 2.52. The minimum absolute atomic E-state index is 0.215. The van der Waals surface area contributed by atoms with E-state index in [0.29, 0.717) is 21.6 Å². The molecule has 0 saturated heterocycles. The van der Waals surface area contributed by atoms with Gasteiger partial charge in [0.25, 0.3) is 0 Å². The number of hydrogen-bond donors (Lipinski definition) is 2. The topological polar surface area (TPSA) is 92.2 Å². The van der Waals surface area contributed by atoms with Gasteiger partial charge in [0.15, 0.2) is 0 Å². The maximum Gasteiger partial charge on any atom is 0.346 e. The van der Waals surface area contributed by atoms with Crippen molar-refractivity contribution in [3.05, 3.63) is 16.8 Å². The van der Waals surface area contributed by atoms with Crippen LogP contribution in [0.4, 0.5) is 5.82 Å². The Morgan fingerprint density at radius 1 is 1.41 bits per heavy atom. The zero-order chi connectivity index (χ0) is 12.6. The van der Waals surface area contributed by atoms with Gasteiger partial charge in [-0.05, 0) is 12.5 Å².